The highest BCUT2D eigenvalue weighted by molar-refractivity contribution is 7.89. The van der Waals surface area contributed by atoms with Crippen LogP contribution >= 0.6 is 0 Å². The summed E-state index contributed by atoms with van der Waals surface area (Å²) in [7, 11) is -3.75. The van der Waals surface area contributed by atoms with Gasteiger partial charge in [-0.15, -0.1) is 0 Å². The predicted octanol–water partition coefficient (Wildman–Crippen LogP) is 2.58. The van der Waals surface area contributed by atoms with Gasteiger partial charge in [0.05, 0.1) is 16.0 Å². The molecule has 1 aromatic heterocycles. The Bertz CT molecular complexity index is 1010. The van der Waals surface area contributed by atoms with Crippen LogP contribution in [-0.2, 0) is 16.6 Å². The number of aromatic nitrogens is 1. The van der Waals surface area contributed by atoms with Crippen molar-refractivity contribution in [2.45, 2.75) is 11.4 Å². The van der Waals surface area contributed by atoms with E-state index in [9.17, 15) is 8.42 Å². The number of nitrogens with zero attached hydrogens (tertiary/aromatic N) is 2. The van der Waals surface area contributed by atoms with E-state index < -0.39 is 10.0 Å². The molecule has 0 atom stereocenters. The topological polar surface area (TPSA) is 82.8 Å². The van der Waals surface area contributed by atoms with Gasteiger partial charge in [0.2, 0.25) is 10.0 Å². The van der Waals surface area contributed by atoms with Crippen LogP contribution in [-0.4, -0.2) is 13.4 Å². The van der Waals surface area contributed by atoms with Gasteiger partial charge in [0, 0.05) is 18.1 Å². The molecule has 0 bridgehead atoms. The van der Waals surface area contributed by atoms with Crippen LogP contribution in [0.25, 0.3) is 10.9 Å². The molecular formula is C17H13N3O2S. The zero-order chi connectivity index (χ0) is 16.3. The third kappa shape index (κ3) is 3.21. The lowest BCUT2D eigenvalue weighted by Gasteiger charge is -2.08. The number of fused-ring (bicyclic) bond motifs is 1. The van der Waals surface area contributed by atoms with Crippen molar-refractivity contribution in [3.63, 3.8) is 0 Å². The molecular weight excluding hydrogens is 310 g/mol. The molecule has 0 fully saturated rings. The standard InChI is InChI=1S/C17H13N3O2S/c18-10-15-6-2-4-8-17(15)23(21,22)20-12-13-9-14-5-1-3-7-16(14)19-11-13/h1-9,11,20H,12H2. The molecule has 114 valence electrons. The van der Waals surface area contributed by atoms with Crippen molar-refractivity contribution in [1.29, 1.82) is 5.26 Å². The fourth-order valence-electron chi connectivity index (χ4n) is 2.26. The van der Waals surface area contributed by atoms with Crippen molar-refractivity contribution in [3.8, 4) is 6.07 Å². The molecule has 0 saturated carbocycles. The molecule has 3 aromatic rings. The van der Waals surface area contributed by atoms with Gasteiger partial charge in [0.25, 0.3) is 0 Å². The van der Waals surface area contributed by atoms with E-state index in [-0.39, 0.29) is 17.0 Å². The SMILES string of the molecule is N#Cc1ccccc1S(=O)(=O)NCc1cnc2ccccc2c1. The maximum absolute atomic E-state index is 12.4. The molecule has 1 N–H and O–H groups in total. The number of pyridine rings is 1. The second-order valence-corrected chi connectivity index (χ2v) is 6.70. The van der Waals surface area contributed by atoms with Crippen LogP contribution in [0.1, 0.15) is 11.1 Å². The number of sulfonamides is 1. The molecule has 2 aromatic carbocycles. The number of nitriles is 1. The Morgan fingerprint density at radius 1 is 1.09 bits per heavy atom. The number of nitrogens with one attached hydrogen (secondary N) is 1. The Balaban J connectivity index is 1.85. The summed E-state index contributed by atoms with van der Waals surface area (Å²) in [6.45, 7) is 0.111. The minimum atomic E-state index is -3.75. The highest BCUT2D eigenvalue weighted by Crippen LogP contribution is 2.16. The molecule has 1 heterocycles. The van der Waals surface area contributed by atoms with Crippen LogP contribution in [0.3, 0.4) is 0 Å². The van der Waals surface area contributed by atoms with Gasteiger partial charge < -0.3 is 0 Å². The van der Waals surface area contributed by atoms with Crippen LogP contribution in [0.2, 0.25) is 0 Å². The summed E-state index contributed by atoms with van der Waals surface area (Å²) in [4.78, 5) is 4.28. The number of hydrogen-bond donors (Lipinski definition) is 1. The highest BCUT2D eigenvalue weighted by Gasteiger charge is 2.17. The third-order valence-corrected chi connectivity index (χ3v) is 4.87. The van der Waals surface area contributed by atoms with Crippen molar-refractivity contribution in [2.75, 3.05) is 0 Å². The Morgan fingerprint density at radius 2 is 1.83 bits per heavy atom. The molecule has 5 nitrogen and oxygen atoms in total. The van der Waals surface area contributed by atoms with E-state index >= 15 is 0 Å². The minimum absolute atomic E-state index is 0.0174. The molecule has 0 saturated heterocycles. The molecule has 0 amide bonds. The van der Waals surface area contributed by atoms with E-state index in [4.69, 9.17) is 5.26 Å². The lowest BCUT2D eigenvalue weighted by atomic mass is 10.2. The van der Waals surface area contributed by atoms with Crippen molar-refractivity contribution in [1.82, 2.24) is 9.71 Å². The molecule has 6 heteroatoms. The average Bonchev–Trinajstić information content (AvgIpc) is 2.60. The Kier molecular flexibility index (Phi) is 4.06. The Hall–Kier alpha value is -2.75. The van der Waals surface area contributed by atoms with Crippen LogP contribution in [0.4, 0.5) is 0 Å². The number of hydrogen-bond acceptors (Lipinski definition) is 4. The van der Waals surface area contributed by atoms with E-state index in [0.717, 1.165) is 16.5 Å². The monoisotopic (exact) mass is 323 g/mol. The normalized spacial score (nSPS) is 11.3. The van der Waals surface area contributed by atoms with Crippen LogP contribution in [0.5, 0.6) is 0 Å². The first-order valence-corrected chi connectivity index (χ1v) is 8.41. The fourth-order valence-corrected chi connectivity index (χ4v) is 3.44. The molecule has 0 aliphatic heterocycles. The predicted molar refractivity (Wildman–Crippen MR) is 86.9 cm³/mol. The lowest BCUT2D eigenvalue weighted by Crippen LogP contribution is -2.24. The van der Waals surface area contributed by atoms with Gasteiger partial charge in [-0.2, -0.15) is 5.26 Å². The zero-order valence-electron chi connectivity index (χ0n) is 12.1. The van der Waals surface area contributed by atoms with Gasteiger partial charge in [0.15, 0.2) is 0 Å². The summed E-state index contributed by atoms with van der Waals surface area (Å²) in [5.41, 5.74) is 1.73. The quantitative estimate of drug-likeness (QED) is 0.800. The summed E-state index contributed by atoms with van der Waals surface area (Å²) in [6.07, 6.45) is 1.64. The van der Waals surface area contributed by atoms with E-state index in [2.05, 4.69) is 9.71 Å². The zero-order valence-corrected chi connectivity index (χ0v) is 12.9. The summed E-state index contributed by atoms with van der Waals surface area (Å²) in [5, 5.41) is 9.98. The van der Waals surface area contributed by atoms with Crippen molar-refractivity contribution >= 4 is 20.9 Å². The first kappa shape index (κ1) is 15.2. The molecule has 0 aliphatic rings. The number of benzene rings is 2. The lowest BCUT2D eigenvalue weighted by molar-refractivity contribution is 0.581. The van der Waals surface area contributed by atoms with Crippen LogP contribution in [0, 0.1) is 11.3 Å². The Morgan fingerprint density at radius 3 is 2.65 bits per heavy atom. The fraction of sp³-hybridized carbons (Fsp3) is 0.0588. The number of rotatable bonds is 4. The van der Waals surface area contributed by atoms with Gasteiger partial charge in [-0.25, -0.2) is 13.1 Å². The summed E-state index contributed by atoms with van der Waals surface area (Å²) in [5.74, 6) is 0. The minimum Gasteiger partial charge on any atom is -0.256 e. The van der Waals surface area contributed by atoms with E-state index in [1.54, 1.807) is 18.3 Å². The van der Waals surface area contributed by atoms with E-state index in [1.165, 1.54) is 12.1 Å². The highest BCUT2D eigenvalue weighted by atomic mass is 32.2. The maximum Gasteiger partial charge on any atom is 0.242 e. The molecule has 0 aliphatic carbocycles. The summed E-state index contributed by atoms with van der Waals surface area (Å²) in [6, 6.07) is 17.5. The van der Waals surface area contributed by atoms with E-state index in [0.29, 0.717) is 0 Å². The molecule has 3 rings (SSSR count). The maximum atomic E-state index is 12.4. The van der Waals surface area contributed by atoms with Gasteiger partial charge in [0.1, 0.15) is 6.07 Å². The molecule has 0 spiro atoms. The first-order valence-electron chi connectivity index (χ1n) is 6.92. The van der Waals surface area contributed by atoms with Crippen LogP contribution < -0.4 is 4.72 Å². The Labute approximate surface area is 134 Å². The molecule has 0 radical (unpaired) electrons. The van der Waals surface area contributed by atoms with Gasteiger partial charge >= 0.3 is 0 Å². The summed E-state index contributed by atoms with van der Waals surface area (Å²) < 4.78 is 27.2. The third-order valence-electron chi connectivity index (χ3n) is 3.41. The smallest absolute Gasteiger partial charge is 0.242 e. The van der Waals surface area contributed by atoms with E-state index in [1.807, 2.05) is 36.4 Å². The van der Waals surface area contributed by atoms with Gasteiger partial charge in [-0.1, -0.05) is 30.3 Å². The first-order chi connectivity index (χ1) is 11.1. The second kappa shape index (κ2) is 6.16. The molecule has 0 unspecified atom stereocenters. The van der Waals surface area contributed by atoms with Crippen molar-refractivity contribution in [3.05, 3.63) is 71.9 Å². The van der Waals surface area contributed by atoms with Crippen molar-refractivity contribution in [2.24, 2.45) is 0 Å². The summed E-state index contributed by atoms with van der Waals surface area (Å²) >= 11 is 0. The van der Waals surface area contributed by atoms with Crippen LogP contribution in [0.15, 0.2) is 65.7 Å². The van der Waals surface area contributed by atoms with Gasteiger partial charge in [-0.05, 0) is 29.8 Å². The average molecular weight is 323 g/mol. The van der Waals surface area contributed by atoms with Gasteiger partial charge in [-0.3, -0.25) is 4.98 Å². The molecule has 23 heavy (non-hydrogen) atoms. The second-order valence-electron chi connectivity index (χ2n) is 4.97. The van der Waals surface area contributed by atoms with Crippen molar-refractivity contribution < 1.29 is 8.42 Å². The number of para-hydroxylation sites is 1. The largest absolute Gasteiger partial charge is 0.256 e.